The van der Waals surface area contributed by atoms with E-state index in [2.05, 4.69) is 0 Å². The summed E-state index contributed by atoms with van der Waals surface area (Å²) in [7, 11) is 0. The Kier molecular flexibility index (Phi) is 3.40. The zero-order valence-corrected chi connectivity index (χ0v) is 9.48. The molecule has 1 aliphatic rings. The van der Waals surface area contributed by atoms with Gasteiger partial charge in [0.25, 0.3) is 0 Å². The van der Waals surface area contributed by atoms with Crippen molar-refractivity contribution in [2.45, 2.75) is 19.8 Å². The molecule has 1 aromatic carbocycles. The van der Waals surface area contributed by atoms with Crippen LogP contribution in [0.1, 0.15) is 24.0 Å². The molecule has 0 aliphatic heterocycles. The first-order valence-electron chi connectivity index (χ1n) is 5.65. The second kappa shape index (κ2) is 4.97. The Hall–Kier alpha value is -1.57. The highest BCUT2D eigenvalue weighted by Gasteiger charge is 2.22. The summed E-state index contributed by atoms with van der Waals surface area (Å²) in [5.41, 5.74) is 2.24. The van der Waals surface area contributed by atoms with Gasteiger partial charge in [0.05, 0.1) is 6.61 Å². The number of hydrogen-bond acceptors (Lipinski definition) is 2. The van der Waals surface area contributed by atoms with Crippen molar-refractivity contribution in [1.29, 1.82) is 0 Å². The second-order valence-corrected chi connectivity index (χ2v) is 4.32. The van der Waals surface area contributed by atoms with E-state index in [9.17, 15) is 4.79 Å². The fourth-order valence-electron chi connectivity index (χ4n) is 1.37. The Morgan fingerprint density at radius 1 is 1.38 bits per heavy atom. The van der Waals surface area contributed by atoms with Crippen molar-refractivity contribution in [2.75, 3.05) is 6.61 Å². The van der Waals surface area contributed by atoms with Crippen molar-refractivity contribution in [2.24, 2.45) is 5.92 Å². The molecule has 0 N–H and O–H groups in total. The van der Waals surface area contributed by atoms with E-state index in [0.717, 1.165) is 5.56 Å². The maximum atomic E-state index is 11.3. The Labute approximate surface area is 95.9 Å². The molecule has 2 nitrogen and oxygen atoms in total. The number of rotatable bonds is 4. The summed E-state index contributed by atoms with van der Waals surface area (Å²) in [5, 5.41) is 0. The lowest BCUT2D eigenvalue weighted by Crippen LogP contribution is -2.03. The normalized spacial score (nSPS) is 15.3. The van der Waals surface area contributed by atoms with Crippen LogP contribution in [-0.4, -0.2) is 12.6 Å². The Morgan fingerprint density at radius 3 is 2.69 bits per heavy atom. The van der Waals surface area contributed by atoms with Gasteiger partial charge in [-0.25, -0.2) is 4.79 Å². The fourth-order valence-corrected chi connectivity index (χ4v) is 1.37. The molecular weight excluding hydrogens is 200 g/mol. The fraction of sp³-hybridized carbons (Fsp3) is 0.357. The van der Waals surface area contributed by atoms with E-state index >= 15 is 0 Å². The van der Waals surface area contributed by atoms with Crippen LogP contribution in [0.25, 0.3) is 6.08 Å². The number of esters is 1. The smallest absolute Gasteiger partial charge is 0.330 e. The molecule has 84 valence electrons. The molecule has 0 saturated heterocycles. The molecule has 0 heterocycles. The summed E-state index contributed by atoms with van der Waals surface area (Å²) in [6, 6.07) is 8.02. The van der Waals surface area contributed by atoms with Gasteiger partial charge in [-0.3, -0.25) is 0 Å². The second-order valence-electron chi connectivity index (χ2n) is 4.32. The van der Waals surface area contributed by atoms with E-state index in [-0.39, 0.29) is 5.97 Å². The van der Waals surface area contributed by atoms with E-state index in [1.165, 1.54) is 24.5 Å². The van der Waals surface area contributed by atoms with Crippen LogP contribution >= 0.6 is 0 Å². The molecule has 0 unspecified atom stereocenters. The molecule has 0 radical (unpaired) electrons. The molecule has 1 aliphatic carbocycles. The molecule has 16 heavy (non-hydrogen) atoms. The SMILES string of the molecule is Cc1ccc(C=CC(=O)OCC2CC2)cc1. The third-order valence-corrected chi connectivity index (χ3v) is 2.65. The van der Waals surface area contributed by atoms with Crippen LogP contribution < -0.4 is 0 Å². The molecule has 0 spiro atoms. The number of benzene rings is 1. The average molecular weight is 216 g/mol. The first-order valence-corrected chi connectivity index (χ1v) is 5.65. The lowest BCUT2D eigenvalue weighted by Gasteiger charge is -1.98. The predicted molar refractivity (Wildman–Crippen MR) is 63.9 cm³/mol. The summed E-state index contributed by atoms with van der Waals surface area (Å²) in [5.74, 6) is 0.379. The minimum atomic E-state index is -0.243. The van der Waals surface area contributed by atoms with Crippen LogP contribution in [0.2, 0.25) is 0 Å². The largest absolute Gasteiger partial charge is 0.462 e. The maximum Gasteiger partial charge on any atom is 0.330 e. The number of carbonyl (C=O) groups is 1. The lowest BCUT2D eigenvalue weighted by molar-refractivity contribution is -0.138. The summed E-state index contributed by atoms with van der Waals surface area (Å²) < 4.78 is 5.09. The Morgan fingerprint density at radius 2 is 2.06 bits per heavy atom. The van der Waals surface area contributed by atoms with Crippen LogP contribution in [0.3, 0.4) is 0 Å². The maximum absolute atomic E-state index is 11.3. The number of ether oxygens (including phenoxy) is 1. The van der Waals surface area contributed by atoms with Gasteiger partial charge >= 0.3 is 5.97 Å². The van der Waals surface area contributed by atoms with Crippen LogP contribution in [0, 0.1) is 12.8 Å². The van der Waals surface area contributed by atoms with Gasteiger partial charge in [-0.1, -0.05) is 29.8 Å². The van der Waals surface area contributed by atoms with Crippen molar-refractivity contribution in [3.8, 4) is 0 Å². The average Bonchev–Trinajstić information content (AvgIpc) is 3.09. The van der Waals surface area contributed by atoms with Gasteiger partial charge in [-0.15, -0.1) is 0 Å². The standard InChI is InChI=1S/C14H16O2/c1-11-2-4-12(5-3-11)8-9-14(15)16-10-13-6-7-13/h2-5,8-9,13H,6-7,10H2,1H3. The van der Waals surface area contributed by atoms with E-state index < -0.39 is 0 Å². The van der Waals surface area contributed by atoms with Gasteiger partial charge < -0.3 is 4.74 Å². The third kappa shape index (κ3) is 3.54. The van der Waals surface area contributed by atoms with Crippen LogP contribution in [0.4, 0.5) is 0 Å². The minimum absolute atomic E-state index is 0.243. The number of aryl methyl sites for hydroxylation is 1. The zero-order chi connectivity index (χ0) is 11.4. The molecule has 1 aromatic rings. The molecule has 0 aromatic heterocycles. The van der Waals surface area contributed by atoms with Crippen molar-refractivity contribution < 1.29 is 9.53 Å². The highest BCUT2D eigenvalue weighted by molar-refractivity contribution is 5.87. The number of hydrogen-bond donors (Lipinski definition) is 0. The zero-order valence-electron chi connectivity index (χ0n) is 9.48. The van der Waals surface area contributed by atoms with E-state index in [4.69, 9.17) is 4.74 Å². The molecule has 1 fully saturated rings. The molecule has 0 bridgehead atoms. The van der Waals surface area contributed by atoms with Crippen LogP contribution in [-0.2, 0) is 9.53 Å². The highest BCUT2D eigenvalue weighted by atomic mass is 16.5. The van der Waals surface area contributed by atoms with Crippen LogP contribution in [0.5, 0.6) is 0 Å². The Bertz CT molecular complexity index is 386. The van der Waals surface area contributed by atoms with E-state index in [1.54, 1.807) is 6.08 Å². The van der Waals surface area contributed by atoms with Gasteiger partial charge in [-0.2, -0.15) is 0 Å². The molecular formula is C14H16O2. The third-order valence-electron chi connectivity index (χ3n) is 2.65. The minimum Gasteiger partial charge on any atom is -0.462 e. The summed E-state index contributed by atoms with van der Waals surface area (Å²) >= 11 is 0. The lowest BCUT2D eigenvalue weighted by atomic mass is 10.1. The molecule has 0 atom stereocenters. The van der Waals surface area contributed by atoms with E-state index in [1.807, 2.05) is 31.2 Å². The van der Waals surface area contributed by atoms with Crippen molar-refractivity contribution in [3.63, 3.8) is 0 Å². The highest BCUT2D eigenvalue weighted by Crippen LogP contribution is 2.28. The molecule has 0 amide bonds. The van der Waals surface area contributed by atoms with Gasteiger partial charge in [0.15, 0.2) is 0 Å². The molecule has 1 saturated carbocycles. The number of carbonyl (C=O) groups excluding carboxylic acids is 1. The van der Waals surface area contributed by atoms with Crippen LogP contribution in [0.15, 0.2) is 30.3 Å². The van der Waals surface area contributed by atoms with Gasteiger partial charge in [0.2, 0.25) is 0 Å². The monoisotopic (exact) mass is 216 g/mol. The predicted octanol–water partition coefficient (Wildman–Crippen LogP) is 2.96. The topological polar surface area (TPSA) is 26.3 Å². The Balaban J connectivity index is 1.82. The molecule has 2 rings (SSSR count). The molecule has 2 heteroatoms. The van der Waals surface area contributed by atoms with Gasteiger partial charge in [0, 0.05) is 6.08 Å². The first kappa shape index (κ1) is 10.9. The summed E-state index contributed by atoms with van der Waals surface area (Å²) in [4.78, 5) is 11.3. The van der Waals surface area contributed by atoms with Crippen molar-refractivity contribution >= 4 is 12.0 Å². The summed E-state index contributed by atoms with van der Waals surface area (Å²) in [6.45, 7) is 2.62. The van der Waals surface area contributed by atoms with Crippen molar-refractivity contribution in [1.82, 2.24) is 0 Å². The van der Waals surface area contributed by atoms with E-state index in [0.29, 0.717) is 12.5 Å². The van der Waals surface area contributed by atoms with Crippen molar-refractivity contribution in [3.05, 3.63) is 41.5 Å². The summed E-state index contributed by atoms with van der Waals surface area (Å²) in [6.07, 6.45) is 5.69. The van der Waals surface area contributed by atoms with Gasteiger partial charge in [-0.05, 0) is 37.3 Å². The first-order chi connectivity index (χ1) is 7.74. The quantitative estimate of drug-likeness (QED) is 0.571. The van der Waals surface area contributed by atoms with Gasteiger partial charge in [0.1, 0.15) is 0 Å².